The second kappa shape index (κ2) is 6.37. The summed E-state index contributed by atoms with van der Waals surface area (Å²) in [4.78, 5) is 28.1. The predicted molar refractivity (Wildman–Crippen MR) is 85.9 cm³/mol. The van der Waals surface area contributed by atoms with E-state index in [0.717, 1.165) is 0 Å². The first-order valence-corrected chi connectivity index (χ1v) is 7.97. The smallest absolute Gasteiger partial charge is 0.265 e. The average molecular weight is 339 g/mol. The van der Waals surface area contributed by atoms with Crippen molar-refractivity contribution in [3.05, 3.63) is 23.2 Å². The number of rotatable bonds is 2. The van der Waals surface area contributed by atoms with Crippen LogP contribution in [-0.4, -0.2) is 55.2 Å². The molecule has 23 heavy (non-hydrogen) atoms. The molecule has 0 radical (unpaired) electrons. The molecular formula is C16H19ClN2O4. The normalized spacial score (nSPS) is 24.2. The van der Waals surface area contributed by atoms with Crippen LogP contribution in [0.25, 0.3) is 0 Å². The highest BCUT2D eigenvalue weighted by Gasteiger charge is 2.32. The van der Waals surface area contributed by atoms with Gasteiger partial charge in [-0.3, -0.25) is 14.5 Å². The molecule has 3 rings (SSSR count). The summed E-state index contributed by atoms with van der Waals surface area (Å²) in [7, 11) is 0. The molecule has 2 amide bonds. The van der Waals surface area contributed by atoms with Gasteiger partial charge in [-0.2, -0.15) is 0 Å². The summed E-state index contributed by atoms with van der Waals surface area (Å²) in [5.74, 6) is 0.209. The first-order valence-electron chi connectivity index (χ1n) is 7.59. The number of morpholine rings is 1. The Morgan fingerprint density at radius 1 is 1.39 bits per heavy atom. The van der Waals surface area contributed by atoms with Gasteiger partial charge in [-0.25, -0.2) is 0 Å². The highest BCUT2D eigenvalue weighted by Crippen LogP contribution is 2.34. The van der Waals surface area contributed by atoms with Gasteiger partial charge in [0.15, 0.2) is 6.61 Å². The van der Waals surface area contributed by atoms with Crippen LogP contribution >= 0.6 is 11.6 Å². The Bertz CT molecular complexity index is 637. The fourth-order valence-electron chi connectivity index (χ4n) is 2.83. The minimum Gasteiger partial charge on any atom is -0.482 e. The van der Waals surface area contributed by atoms with Crippen molar-refractivity contribution in [1.29, 1.82) is 0 Å². The largest absolute Gasteiger partial charge is 0.482 e. The molecule has 2 aliphatic rings. The van der Waals surface area contributed by atoms with E-state index in [1.54, 1.807) is 23.1 Å². The van der Waals surface area contributed by atoms with Gasteiger partial charge in [0.2, 0.25) is 5.91 Å². The number of carbonyl (C=O) groups is 2. The Morgan fingerprint density at radius 3 is 2.96 bits per heavy atom. The van der Waals surface area contributed by atoms with Gasteiger partial charge in [0.25, 0.3) is 5.91 Å². The maximum atomic E-state index is 12.7. The lowest BCUT2D eigenvalue weighted by atomic mass is 10.2. The number of fused-ring (bicyclic) bond motifs is 1. The molecule has 0 aliphatic carbocycles. The van der Waals surface area contributed by atoms with Crippen LogP contribution in [-0.2, 0) is 14.3 Å². The predicted octanol–water partition coefficient (Wildman–Crippen LogP) is 1.70. The van der Waals surface area contributed by atoms with Gasteiger partial charge in [-0.15, -0.1) is 0 Å². The van der Waals surface area contributed by atoms with Crippen LogP contribution in [0.3, 0.4) is 0 Å². The standard InChI is InChI=1S/C16H19ClN2O4/c1-10-8-22-11(2)6-18(10)15(20)7-19-13-5-12(17)3-4-14(13)23-9-16(19)21/h3-5,10-11H,6-9H2,1-2H3/t10-,11+/m0/s1. The molecule has 0 aromatic heterocycles. The van der Waals surface area contributed by atoms with Crippen LogP contribution in [0.5, 0.6) is 5.75 Å². The van der Waals surface area contributed by atoms with Gasteiger partial charge >= 0.3 is 0 Å². The highest BCUT2D eigenvalue weighted by molar-refractivity contribution is 6.31. The summed E-state index contributed by atoms with van der Waals surface area (Å²) in [6, 6.07) is 5.05. The third-order valence-corrected chi connectivity index (χ3v) is 4.32. The monoisotopic (exact) mass is 338 g/mol. The number of hydrogen-bond acceptors (Lipinski definition) is 4. The lowest BCUT2D eigenvalue weighted by Crippen LogP contribution is -2.54. The SMILES string of the molecule is C[C@@H]1CN(C(=O)CN2C(=O)COc3ccc(Cl)cc32)[C@@H](C)CO1. The fourth-order valence-corrected chi connectivity index (χ4v) is 2.99. The first-order chi connectivity index (χ1) is 11.0. The molecular weight excluding hydrogens is 320 g/mol. The Kier molecular flexibility index (Phi) is 4.46. The summed E-state index contributed by atoms with van der Waals surface area (Å²) < 4.78 is 10.9. The Hall–Kier alpha value is -1.79. The van der Waals surface area contributed by atoms with Crippen molar-refractivity contribution in [1.82, 2.24) is 4.90 Å². The molecule has 0 bridgehead atoms. The Morgan fingerprint density at radius 2 is 2.17 bits per heavy atom. The molecule has 6 nitrogen and oxygen atoms in total. The molecule has 0 N–H and O–H groups in total. The number of halogens is 1. The first kappa shape index (κ1) is 16.1. The topological polar surface area (TPSA) is 59.1 Å². The molecule has 2 atom stereocenters. The number of carbonyl (C=O) groups excluding carboxylic acids is 2. The zero-order valence-electron chi connectivity index (χ0n) is 13.1. The third-order valence-electron chi connectivity index (χ3n) is 4.09. The van der Waals surface area contributed by atoms with Crippen molar-refractivity contribution in [2.75, 3.05) is 31.2 Å². The van der Waals surface area contributed by atoms with Gasteiger partial charge in [-0.05, 0) is 32.0 Å². The number of anilines is 1. The molecule has 1 aromatic carbocycles. The van der Waals surface area contributed by atoms with Gasteiger partial charge in [-0.1, -0.05) is 11.6 Å². The van der Waals surface area contributed by atoms with Crippen molar-refractivity contribution in [2.45, 2.75) is 26.0 Å². The zero-order valence-corrected chi connectivity index (χ0v) is 13.9. The highest BCUT2D eigenvalue weighted by atomic mass is 35.5. The van der Waals surface area contributed by atoms with Gasteiger partial charge in [0.1, 0.15) is 12.3 Å². The molecule has 124 valence electrons. The van der Waals surface area contributed by atoms with E-state index >= 15 is 0 Å². The lowest BCUT2D eigenvalue weighted by Gasteiger charge is -2.38. The Labute approximate surface area is 139 Å². The average Bonchev–Trinajstić information content (AvgIpc) is 2.52. The van der Waals surface area contributed by atoms with E-state index in [9.17, 15) is 9.59 Å². The number of benzene rings is 1. The zero-order chi connectivity index (χ0) is 16.6. The maximum Gasteiger partial charge on any atom is 0.265 e. The third kappa shape index (κ3) is 3.28. The fraction of sp³-hybridized carbons (Fsp3) is 0.500. The number of hydrogen-bond donors (Lipinski definition) is 0. The molecule has 1 fully saturated rings. The van der Waals surface area contributed by atoms with E-state index in [-0.39, 0.29) is 37.1 Å². The van der Waals surface area contributed by atoms with Crippen LogP contribution in [0, 0.1) is 0 Å². The molecule has 0 saturated carbocycles. The number of ether oxygens (including phenoxy) is 2. The summed E-state index contributed by atoms with van der Waals surface area (Å²) in [5, 5.41) is 0.493. The molecule has 0 spiro atoms. The van der Waals surface area contributed by atoms with Crippen LogP contribution in [0.4, 0.5) is 5.69 Å². The van der Waals surface area contributed by atoms with E-state index in [1.165, 1.54) is 4.90 Å². The van der Waals surface area contributed by atoms with Crippen molar-refractivity contribution < 1.29 is 19.1 Å². The number of amides is 2. The minimum atomic E-state index is -0.248. The summed E-state index contributed by atoms with van der Waals surface area (Å²) in [6.45, 7) is 4.81. The van der Waals surface area contributed by atoms with E-state index in [2.05, 4.69) is 0 Å². The van der Waals surface area contributed by atoms with E-state index in [4.69, 9.17) is 21.1 Å². The second-order valence-corrected chi connectivity index (χ2v) is 6.36. The van der Waals surface area contributed by atoms with Crippen LogP contribution < -0.4 is 9.64 Å². The van der Waals surface area contributed by atoms with Crippen molar-refractivity contribution in [2.24, 2.45) is 0 Å². The van der Waals surface area contributed by atoms with Gasteiger partial charge in [0.05, 0.1) is 24.4 Å². The summed E-state index contributed by atoms with van der Waals surface area (Å²) in [6.07, 6.45) is -0.00253. The van der Waals surface area contributed by atoms with E-state index in [1.807, 2.05) is 13.8 Å². The van der Waals surface area contributed by atoms with Crippen molar-refractivity contribution in [3.63, 3.8) is 0 Å². The molecule has 1 aromatic rings. The summed E-state index contributed by atoms with van der Waals surface area (Å²) in [5.41, 5.74) is 0.538. The molecule has 7 heteroatoms. The Balaban J connectivity index is 1.80. The van der Waals surface area contributed by atoms with Gasteiger partial charge in [0, 0.05) is 11.6 Å². The van der Waals surface area contributed by atoms with Crippen LogP contribution in [0.1, 0.15) is 13.8 Å². The maximum absolute atomic E-state index is 12.7. The minimum absolute atomic E-state index is 0.00253. The van der Waals surface area contributed by atoms with Crippen molar-refractivity contribution in [3.8, 4) is 5.75 Å². The van der Waals surface area contributed by atoms with Crippen LogP contribution in [0.2, 0.25) is 5.02 Å². The molecule has 2 heterocycles. The molecule has 0 unspecified atom stereocenters. The van der Waals surface area contributed by atoms with E-state index < -0.39 is 0 Å². The second-order valence-electron chi connectivity index (χ2n) is 5.92. The summed E-state index contributed by atoms with van der Waals surface area (Å²) >= 11 is 6.01. The van der Waals surface area contributed by atoms with E-state index in [0.29, 0.717) is 29.6 Å². The quantitative estimate of drug-likeness (QED) is 0.823. The molecule has 1 saturated heterocycles. The number of nitrogens with zero attached hydrogens (tertiary/aromatic N) is 2. The lowest BCUT2D eigenvalue weighted by molar-refractivity contribution is -0.142. The van der Waals surface area contributed by atoms with Crippen molar-refractivity contribution >= 4 is 29.1 Å². The molecule has 2 aliphatic heterocycles. The van der Waals surface area contributed by atoms with Crippen LogP contribution in [0.15, 0.2) is 18.2 Å². The van der Waals surface area contributed by atoms with Gasteiger partial charge < -0.3 is 14.4 Å².